The lowest BCUT2D eigenvalue weighted by Gasteiger charge is -2.13. The summed E-state index contributed by atoms with van der Waals surface area (Å²) < 4.78 is 4.63. The Kier molecular flexibility index (Phi) is 6.18. The van der Waals surface area contributed by atoms with E-state index in [0.717, 1.165) is 21.5 Å². The number of halogens is 1. The van der Waals surface area contributed by atoms with Crippen LogP contribution in [0.2, 0.25) is 5.02 Å². The zero-order valence-electron chi connectivity index (χ0n) is 14.4. The number of benzene rings is 1. The summed E-state index contributed by atoms with van der Waals surface area (Å²) in [5.41, 5.74) is 0.378. The van der Waals surface area contributed by atoms with Crippen LogP contribution < -0.4 is 5.32 Å². The molecule has 3 rings (SSSR count). The third kappa shape index (κ3) is 4.44. The van der Waals surface area contributed by atoms with Gasteiger partial charge in [0.25, 0.3) is 11.1 Å². The first kappa shape index (κ1) is 20.1. The van der Waals surface area contributed by atoms with Gasteiger partial charge in [0.1, 0.15) is 6.54 Å². The Bertz CT molecular complexity index is 988. The maximum atomic E-state index is 12.4. The maximum absolute atomic E-state index is 12.4. The predicted molar refractivity (Wildman–Crippen MR) is 108 cm³/mol. The van der Waals surface area contributed by atoms with Crippen LogP contribution in [0.15, 0.2) is 40.6 Å². The summed E-state index contributed by atoms with van der Waals surface area (Å²) in [7, 11) is 1.22. The van der Waals surface area contributed by atoms with E-state index < -0.39 is 29.6 Å². The van der Waals surface area contributed by atoms with E-state index in [9.17, 15) is 19.2 Å². The van der Waals surface area contributed by atoms with E-state index >= 15 is 0 Å². The van der Waals surface area contributed by atoms with Crippen molar-refractivity contribution in [2.45, 2.75) is 0 Å². The molecule has 0 aliphatic carbocycles. The number of hydrogen-bond acceptors (Lipinski definition) is 7. The topological polar surface area (TPSA) is 92.8 Å². The van der Waals surface area contributed by atoms with Gasteiger partial charge in [0, 0.05) is 10.6 Å². The molecular weight excluding hydrogens is 424 g/mol. The van der Waals surface area contributed by atoms with Crippen LogP contribution in [0.4, 0.5) is 10.5 Å². The van der Waals surface area contributed by atoms with E-state index in [1.165, 1.54) is 36.6 Å². The Morgan fingerprint density at radius 1 is 1.29 bits per heavy atom. The second-order valence-electron chi connectivity index (χ2n) is 5.52. The highest BCUT2D eigenvalue weighted by molar-refractivity contribution is 8.18. The standard InChI is InChI=1S/C18H13ClN2O5S2/c1-26-17(24)12-7-10(4-5-13(12)19)20-15(22)9-21-16(23)14(28-18(21)25)8-11-3-2-6-27-11/h2-8H,9H2,1H3,(H,20,22)/b14-8+. The van der Waals surface area contributed by atoms with Crippen molar-refractivity contribution in [1.29, 1.82) is 0 Å². The predicted octanol–water partition coefficient (Wildman–Crippen LogP) is 3.86. The third-order valence-corrected chi connectivity index (χ3v) is 5.70. The zero-order chi connectivity index (χ0) is 20.3. The molecule has 7 nitrogen and oxygen atoms in total. The summed E-state index contributed by atoms with van der Waals surface area (Å²) >= 11 is 8.16. The largest absolute Gasteiger partial charge is 0.465 e. The summed E-state index contributed by atoms with van der Waals surface area (Å²) in [5, 5.41) is 4.05. The maximum Gasteiger partial charge on any atom is 0.339 e. The van der Waals surface area contributed by atoms with Crippen molar-refractivity contribution in [2.75, 3.05) is 19.0 Å². The number of carbonyl (C=O) groups is 4. The molecular formula is C18H13ClN2O5S2. The average molecular weight is 437 g/mol. The minimum Gasteiger partial charge on any atom is -0.465 e. The number of anilines is 1. The summed E-state index contributed by atoms with van der Waals surface area (Å²) in [5.74, 6) is -1.76. The fraction of sp³-hybridized carbons (Fsp3) is 0.111. The summed E-state index contributed by atoms with van der Waals surface area (Å²) in [6.45, 7) is -0.442. The van der Waals surface area contributed by atoms with Crippen molar-refractivity contribution in [2.24, 2.45) is 0 Å². The lowest BCUT2D eigenvalue weighted by molar-refractivity contribution is -0.127. The van der Waals surface area contributed by atoms with Gasteiger partial charge in [-0.25, -0.2) is 4.79 Å². The second kappa shape index (κ2) is 8.59. The summed E-state index contributed by atoms with van der Waals surface area (Å²) in [6.07, 6.45) is 1.62. The fourth-order valence-corrected chi connectivity index (χ4v) is 4.11. The number of esters is 1. The molecule has 1 saturated heterocycles. The van der Waals surface area contributed by atoms with Crippen LogP contribution >= 0.6 is 34.7 Å². The Hall–Kier alpha value is -2.62. The molecule has 0 saturated carbocycles. The monoisotopic (exact) mass is 436 g/mol. The molecule has 28 heavy (non-hydrogen) atoms. The van der Waals surface area contributed by atoms with Crippen molar-refractivity contribution in [3.05, 3.63) is 56.1 Å². The number of carbonyl (C=O) groups excluding carboxylic acids is 4. The summed E-state index contributed by atoms with van der Waals surface area (Å²) in [4.78, 5) is 50.5. The van der Waals surface area contributed by atoms with Gasteiger partial charge in [0.2, 0.25) is 5.91 Å². The lowest BCUT2D eigenvalue weighted by Crippen LogP contribution is -2.36. The summed E-state index contributed by atoms with van der Waals surface area (Å²) in [6, 6.07) is 7.95. The molecule has 2 heterocycles. The van der Waals surface area contributed by atoms with Gasteiger partial charge in [-0.2, -0.15) is 0 Å². The van der Waals surface area contributed by atoms with Crippen molar-refractivity contribution in [3.63, 3.8) is 0 Å². The molecule has 1 N–H and O–H groups in total. The van der Waals surface area contributed by atoms with Crippen molar-refractivity contribution >= 4 is 69.5 Å². The van der Waals surface area contributed by atoms with Crippen molar-refractivity contribution < 1.29 is 23.9 Å². The number of methoxy groups -OCH3 is 1. The Balaban J connectivity index is 1.69. The van der Waals surface area contributed by atoms with Gasteiger partial charge in [-0.1, -0.05) is 17.7 Å². The first-order valence-electron chi connectivity index (χ1n) is 7.85. The molecule has 1 aliphatic rings. The number of rotatable bonds is 5. The number of imide groups is 1. The molecule has 0 radical (unpaired) electrons. The molecule has 144 valence electrons. The molecule has 2 aromatic rings. The van der Waals surface area contributed by atoms with Crippen LogP contribution in [0.5, 0.6) is 0 Å². The van der Waals surface area contributed by atoms with Crippen molar-refractivity contribution in [3.8, 4) is 0 Å². The Morgan fingerprint density at radius 3 is 2.75 bits per heavy atom. The third-order valence-electron chi connectivity index (χ3n) is 3.65. The van der Waals surface area contributed by atoms with Crippen LogP contribution in [-0.4, -0.2) is 41.6 Å². The van der Waals surface area contributed by atoms with E-state index in [1.54, 1.807) is 6.08 Å². The zero-order valence-corrected chi connectivity index (χ0v) is 16.8. The highest BCUT2D eigenvalue weighted by atomic mass is 35.5. The SMILES string of the molecule is COC(=O)c1cc(NC(=O)CN2C(=O)S/C(=C/c3cccs3)C2=O)ccc1Cl. The van der Waals surface area contributed by atoms with E-state index in [4.69, 9.17) is 11.6 Å². The molecule has 1 aromatic heterocycles. The average Bonchev–Trinajstić information content (AvgIpc) is 3.27. The van der Waals surface area contributed by atoms with Crippen LogP contribution in [0.1, 0.15) is 15.2 Å². The molecule has 0 atom stereocenters. The number of hydrogen-bond donors (Lipinski definition) is 1. The second-order valence-corrected chi connectivity index (χ2v) is 7.90. The van der Waals surface area contributed by atoms with Gasteiger partial charge in [0.15, 0.2) is 0 Å². The molecule has 1 aromatic carbocycles. The number of thiophene rings is 1. The fourth-order valence-electron chi connectivity index (χ4n) is 2.35. The van der Waals surface area contributed by atoms with Gasteiger partial charge < -0.3 is 10.1 Å². The van der Waals surface area contributed by atoms with Crippen LogP contribution in [0.3, 0.4) is 0 Å². The minimum absolute atomic E-state index is 0.0898. The van der Waals surface area contributed by atoms with Crippen LogP contribution in [-0.2, 0) is 14.3 Å². The lowest BCUT2D eigenvalue weighted by atomic mass is 10.2. The van der Waals surface area contributed by atoms with E-state index in [2.05, 4.69) is 10.1 Å². The molecule has 0 spiro atoms. The van der Waals surface area contributed by atoms with Gasteiger partial charge >= 0.3 is 5.97 Å². The highest BCUT2D eigenvalue weighted by Gasteiger charge is 2.36. The molecule has 0 unspecified atom stereocenters. The van der Waals surface area contributed by atoms with Gasteiger partial charge in [-0.05, 0) is 47.5 Å². The molecule has 0 bridgehead atoms. The van der Waals surface area contributed by atoms with E-state index in [-0.39, 0.29) is 21.2 Å². The molecule has 3 amide bonds. The molecule has 10 heteroatoms. The quantitative estimate of drug-likeness (QED) is 0.565. The Labute approximate surface area is 173 Å². The number of nitrogens with zero attached hydrogens (tertiary/aromatic N) is 1. The van der Waals surface area contributed by atoms with Gasteiger partial charge in [-0.3, -0.25) is 19.3 Å². The van der Waals surface area contributed by atoms with Gasteiger partial charge in [0.05, 0.1) is 22.6 Å². The number of amides is 3. The smallest absolute Gasteiger partial charge is 0.339 e. The number of ether oxygens (including phenoxy) is 1. The molecule has 1 fully saturated rings. The first-order valence-corrected chi connectivity index (χ1v) is 9.93. The molecule has 1 aliphatic heterocycles. The number of nitrogens with one attached hydrogen (secondary N) is 1. The van der Waals surface area contributed by atoms with Crippen LogP contribution in [0.25, 0.3) is 6.08 Å². The minimum atomic E-state index is -0.647. The van der Waals surface area contributed by atoms with E-state index in [0.29, 0.717) is 0 Å². The van der Waals surface area contributed by atoms with E-state index in [1.807, 2.05) is 17.5 Å². The normalized spacial score (nSPS) is 15.2. The van der Waals surface area contributed by atoms with Crippen molar-refractivity contribution in [1.82, 2.24) is 4.90 Å². The van der Waals surface area contributed by atoms with Gasteiger partial charge in [-0.15, -0.1) is 11.3 Å². The number of thioether (sulfide) groups is 1. The van der Waals surface area contributed by atoms with Crippen LogP contribution in [0, 0.1) is 0 Å². The first-order chi connectivity index (χ1) is 13.4. The Morgan fingerprint density at radius 2 is 2.07 bits per heavy atom. The highest BCUT2D eigenvalue weighted by Crippen LogP contribution is 2.32.